The molecular weight excluding hydrogens is 238 g/mol. The molecule has 2 aromatic heterocycles. The third-order valence-electron chi connectivity index (χ3n) is 3.54. The number of hydrogen-bond donors (Lipinski definition) is 1. The van der Waals surface area contributed by atoms with Crippen molar-refractivity contribution in [2.75, 3.05) is 0 Å². The minimum Gasteiger partial charge on any atom is -0.464 e. The maximum Gasteiger partial charge on any atom is 0.134 e. The van der Waals surface area contributed by atoms with Gasteiger partial charge in [0.05, 0.1) is 6.26 Å². The van der Waals surface area contributed by atoms with Crippen LogP contribution in [0, 0.1) is 0 Å². The molecule has 2 N–H and O–H groups in total. The van der Waals surface area contributed by atoms with Crippen molar-refractivity contribution in [2.24, 2.45) is 12.8 Å². The number of hydrogen-bond acceptors (Lipinski definition) is 3. The first-order valence-electron chi connectivity index (χ1n) is 6.44. The molecule has 1 unspecified atom stereocenters. The van der Waals surface area contributed by atoms with Crippen LogP contribution in [0.5, 0.6) is 0 Å². The monoisotopic (exact) mass is 255 g/mol. The Kier molecular flexibility index (Phi) is 3.09. The fraction of sp³-hybridized carbons (Fsp3) is 0.267. The summed E-state index contributed by atoms with van der Waals surface area (Å²) in [6.45, 7) is 0. The fourth-order valence-corrected chi connectivity index (χ4v) is 2.39. The van der Waals surface area contributed by atoms with Crippen molar-refractivity contribution >= 4 is 11.0 Å². The molecule has 0 aliphatic heterocycles. The molecule has 4 heteroatoms. The highest BCUT2D eigenvalue weighted by atomic mass is 16.3. The number of aryl methyl sites for hydroxylation is 2. The van der Waals surface area contributed by atoms with Crippen molar-refractivity contribution < 1.29 is 4.42 Å². The molecule has 0 aliphatic rings. The molecule has 0 amide bonds. The van der Waals surface area contributed by atoms with Gasteiger partial charge in [0.2, 0.25) is 0 Å². The Bertz CT molecular complexity index is 683. The number of aromatic nitrogens is 2. The number of nitrogens with two attached hydrogens (primary N) is 1. The van der Waals surface area contributed by atoms with Crippen molar-refractivity contribution in [3.8, 4) is 0 Å². The van der Waals surface area contributed by atoms with Gasteiger partial charge in [-0.2, -0.15) is 5.10 Å². The van der Waals surface area contributed by atoms with Gasteiger partial charge < -0.3 is 10.2 Å². The first-order chi connectivity index (χ1) is 9.25. The lowest BCUT2D eigenvalue weighted by Gasteiger charge is -2.10. The molecule has 19 heavy (non-hydrogen) atoms. The number of benzene rings is 1. The molecule has 0 bridgehead atoms. The second-order valence-corrected chi connectivity index (χ2v) is 4.78. The quantitative estimate of drug-likeness (QED) is 0.780. The van der Waals surface area contributed by atoms with Crippen LogP contribution in [0.15, 0.2) is 47.2 Å². The highest BCUT2D eigenvalue weighted by Crippen LogP contribution is 2.27. The van der Waals surface area contributed by atoms with Crippen LogP contribution in [-0.4, -0.2) is 9.78 Å². The minimum absolute atomic E-state index is 0.0152. The van der Waals surface area contributed by atoms with E-state index in [1.807, 2.05) is 42.2 Å². The average molecular weight is 255 g/mol. The van der Waals surface area contributed by atoms with Crippen molar-refractivity contribution in [1.29, 1.82) is 0 Å². The van der Waals surface area contributed by atoms with Gasteiger partial charge in [-0.25, -0.2) is 0 Å². The predicted octanol–water partition coefficient (Wildman–Crippen LogP) is 2.80. The third kappa shape index (κ3) is 2.27. The van der Waals surface area contributed by atoms with Gasteiger partial charge in [0.15, 0.2) is 0 Å². The fourth-order valence-electron chi connectivity index (χ4n) is 2.39. The summed E-state index contributed by atoms with van der Waals surface area (Å²) >= 11 is 0. The molecule has 0 spiro atoms. The molecule has 0 saturated heterocycles. The first kappa shape index (κ1) is 12.0. The number of fused-ring (bicyclic) bond motifs is 1. The molecular formula is C15H17N3O. The molecule has 3 aromatic rings. The second-order valence-electron chi connectivity index (χ2n) is 4.78. The number of para-hydroxylation sites is 1. The van der Waals surface area contributed by atoms with Gasteiger partial charge >= 0.3 is 0 Å². The smallest absolute Gasteiger partial charge is 0.134 e. The van der Waals surface area contributed by atoms with Gasteiger partial charge in [0.1, 0.15) is 5.58 Å². The Hall–Kier alpha value is -2.07. The molecule has 0 aliphatic carbocycles. The lowest BCUT2D eigenvalue weighted by molar-refractivity contribution is 0.581. The van der Waals surface area contributed by atoms with E-state index in [4.69, 9.17) is 10.2 Å². The van der Waals surface area contributed by atoms with Crippen LogP contribution >= 0.6 is 0 Å². The SMILES string of the molecule is Cn1nccc1CCC(N)c1coc2ccccc12. The Balaban J connectivity index is 1.77. The molecule has 4 nitrogen and oxygen atoms in total. The molecule has 1 aromatic carbocycles. The first-order valence-corrected chi connectivity index (χ1v) is 6.44. The van der Waals surface area contributed by atoms with Crippen LogP contribution in [0.25, 0.3) is 11.0 Å². The van der Waals surface area contributed by atoms with E-state index < -0.39 is 0 Å². The summed E-state index contributed by atoms with van der Waals surface area (Å²) in [5, 5.41) is 5.28. The predicted molar refractivity (Wildman–Crippen MR) is 74.7 cm³/mol. The summed E-state index contributed by atoms with van der Waals surface area (Å²) in [4.78, 5) is 0. The number of furan rings is 1. The van der Waals surface area contributed by atoms with Crippen LogP contribution in [0.2, 0.25) is 0 Å². The van der Waals surface area contributed by atoms with Crippen molar-refractivity contribution in [3.63, 3.8) is 0 Å². The Labute approximate surface area is 111 Å². The Morgan fingerprint density at radius 2 is 2.16 bits per heavy atom. The van der Waals surface area contributed by atoms with E-state index in [-0.39, 0.29) is 6.04 Å². The van der Waals surface area contributed by atoms with Crippen molar-refractivity contribution in [3.05, 3.63) is 54.0 Å². The van der Waals surface area contributed by atoms with E-state index in [1.165, 1.54) is 5.69 Å². The average Bonchev–Trinajstić information content (AvgIpc) is 3.02. The molecule has 1 atom stereocenters. The number of nitrogens with zero attached hydrogens (tertiary/aromatic N) is 2. The third-order valence-corrected chi connectivity index (χ3v) is 3.54. The highest BCUT2D eigenvalue weighted by molar-refractivity contribution is 5.81. The van der Waals surface area contributed by atoms with Crippen molar-refractivity contribution in [1.82, 2.24) is 9.78 Å². The molecule has 0 saturated carbocycles. The topological polar surface area (TPSA) is 57.0 Å². The van der Waals surface area contributed by atoms with Gasteiger partial charge in [-0.15, -0.1) is 0 Å². The molecule has 98 valence electrons. The molecule has 0 radical (unpaired) electrons. The normalized spacial score (nSPS) is 12.9. The van der Waals surface area contributed by atoms with Gasteiger partial charge in [0, 0.05) is 35.9 Å². The van der Waals surface area contributed by atoms with E-state index in [9.17, 15) is 0 Å². The standard InChI is InChI=1S/C15H17N3O/c1-18-11(8-9-17-18)6-7-14(16)13-10-19-15-5-3-2-4-12(13)15/h2-5,8-10,14H,6-7,16H2,1H3. The van der Waals surface area contributed by atoms with Crippen LogP contribution < -0.4 is 5.73 Å². The second kappa shape index (κ2) is 4.90. The summed E-state index contributed by atoms with van der Waals surface area (Å²) < 4.78 is 7.42. The Morgan fingerprint density at radius 1 is 1.32 bits per heavy atom. The highest BCUT2D eigenvalue weighted by Gasteiger charge is 2.13. The lowest BCUT2D eigenvalue weighted by Crippen LogP contribution is -2.12. The maximum absolute atomic E-state index is 6.28. The summed E-state index contributed by atoms with van der Waals surface area (Å²) in [6.07, 6.45) is 5.38. The summed E-state index contributed by atoms with van der Waals surface area (Å²) in [5.41, 5.74) is 9.46. The van der Waals surface area contributed by atoms with Crippen LogP contribution in [0.4, 0.5) is 0 Å². The van der Waals surface area contributed by atoms with Gasteiger partial charge in [-0.1, -0.05) is 18.2 Å². The zero-order valence-electron chi connectivity index (χ0n) is 10.9. The van der Waals surface area contributed by atoms with E-state index in [0.717, 1.165) is 29.4 Å². The minimum atomic E-state index is -0.0152. The van der Waals surface area contributed by atoms with E-state index in [2.05, 4.69) is 11.2 Å². The van der Waals surface area contributed by atoms with Crippen molar-refractivity contribution in [2.45, 2.75) is 18.9 Å². The van der Waals surface area contributed by atoms with Gasteiger partial charge in [-0.3, -0.25) is 4.68 Å². The summed E-state index contributed by atoms with van der Waals surface area (Å²) in [7, 11) is 1.95. The lowest BCUT2D eigenvalue weighted by atomic mass is 10.0. The summed E-state index contributed by atoms with van der Waals surface area (Å²) in [6, 6.07) is 10.0. The maximum atomic E-state index is 6.28. The summed E-state index contributed by atoms with van der Waals surface area (Å²) in [5.74, 6) is 0. The van der Waals surface area contributed by atoms with Crippen LogP contribution in [0.3, 0.4) is 0 Å². The Morgan fingerprint density at radius 3 is 2.95 bits per heavy atom. The zero-order valence-corrected chi connectivity index (χ0v) is 10.9. The van der Waals surface area contributed by atoms with Gasteiger partial charge in [0.25, 0.3) is 0 Å². The number of rotatable bonds is 4. The van der Waals surface area contributed by atoms with Gasteiger partial charge in [-0.05, 0) is 25.0 Å². The van der Waals surface area contributed by atoms with E-state index in [1.54, 1.807) is 6.26 Å². The zero-order chi connectivity index (χ0) is 13.2. The van der Waals surface area contributed by atoms with E-state index >= 15 is 0 Å². The van der Waals surface area contributed by atoms with Crippen LogP contribution in [0.1, 0.15) is 23.7 Å². The molecule has 0 fully saturated rings. The van der Waals surface area contributed by atoms with E-state index in [0.29, 0.717) is 0 Å². The largest absolute Gasteiger partial charge is 0.464 e. The molecule has 3 rings (SSSR count). The molecule has 2 heterocycles. The van der Waals surface area contributed by atoms with Crippen LogP contribution in [-0.2, 0) is 13.5 Å².